The number of rotatable bonds is 5. The monoisotopic (exact) mass is 214 g/mol. The number of hydrogen-bond donors (Lipinski definition) is 0. The lowest BCUT2D eigenvalue weighted by atomic mass is 9.86. The van der Waals surface area contributed by atoms with Crippen molar-refractivity contribution in [2.45, 2.75) is 73.3 Å². The van der Waals surface area contributed by atoms with Gasteiger partial charge in [-0.25, -0.2) is 0 Å². The number of ether oxygens (including phenoxy) is 1. The molecular weight excluding hydrogens is 184 g/mol. The van der Waals surface area contributed by atoms with E-state index in [1.807, 2.05) is 0 Å². The van der Waals surface area contributed by atoms with Crippen LogP contribution in [0.1, 0.15) is 67.7 Å². The molecule has 0 aliphatic rings. The number of hydrogen-bond acceptors (Lipinski definition) is 1. The summed E-state index contributed by atoms with van der Waals surface area (Å²) in [6, 6.07) is 0. The molecule has 1 heteroatoms. The van der Waals surface area contributed by atoms with Crippen LogP contribution in [-0.2, 0) is 4.74 Å². The van der Waals surface area contributed by atoms with Crippen LogP contribution in [0.2, 0.25) is 0 Å². The lowest BCUT2D eigenvalue weighted by molar-refractivity contribution is -0.00920. The first-order valence-electron chi connectivity index (χ1n) is 6.24. The Morgan fingerprint density at radius 2 is 1.47 bits per heavy atom. The molecule has 0 aromatic heterocycles. The van der Waals surface area contributed by atoms with Crippen LogP contribution in [0.3, 0.4) is 0 Å². The van der Waals surface area contributed by atoms with Crippen molar-refractivity contribution in [1.82, 2.24) is 0 Å². The Balaban J connectivity index is 3.54. The molecule has 92 valence electrons. The van der Waals surface area contributed by atoms with E-state index in [-0.39, 0.29) is 5.60 Å². The first-order chi connectivity index (χ1) is 6.60. The topological polar surface area (TPSA) is 9.23 Å². The molecule has 0 saturated heterocycles. The van der Waals surface area contributed by atoms with E-state index in [2.05, 4.69) is 48.5 Å². The fourth-order valence-corrected chi connectivity index (χ4v) is 1.39. The summed E-state index contributed by atoms with van der Waals surface area (Å²) in [4.78, 5) is 0. The summed E-state index contributed by atoms with van der Waals surface area (Å²) in [7, 11) is 0. The third kappa shape index (κ3) is 11.9. The average Bonchev–Trinajstić information content (AvgIpc) is 1.97. The molecule has 0 radical (unpaired) electrons. The molecule has 0 aromatic carbocycles. The largest absolute Gasteiger partial charge is 0.376 e. The van der Waals surface area contributed by atoms with Gasteiger partial charge in [0.05, 0.1) is 5.60 Å². The van der Waals surface area contributed by atoms with Crippen molar-refractivity contribution in [3.8, 4) is 0 Å². The van der Waals surface area contributed by atoms with E-state index in [1.165, 1.54) is 19.3 Å². The SMILES string of the molecule is CC(CCOC(C)(C)C)CCC(C)(C)C. The normalized spacial score (nSPS) is 15.4. The molecule has 1 atom stereocenters. The maximum Gasteiger partial charge on any atom is 0.0598 e. The smallest absolute Gasteiger partial charge is 0.0598 e. The highest BCUT2D eigenvalue weighted by molar-refractivity contribution is 4.65. The van der Waals surface area contributed by atoms with E-state index in [0.717, 1.165) is 12.5 Å². The van der Waals surface area contributed by atoms with Gasteiger partial charge in [0.25, 0.3) is 0 Å². The van der Waals surface area contributed by atoms with Crippen molar-refractivity contribution in [3.05, 3.63) is 0 Å². The van der Waals surface area contributed by atoms with Gasteiger partial charge in [0.15, 0.2) is 0 Å². The van der Waals surface area contributed by atoms with E-state index in [4.69, 9.17) is 4.74 Å². The zero-order valence-electron chi connectivity index (χ0n) is 11.8. The predicted molar refractivity (Wildman–Crippen MR) is 68.2 cm³/mol. The van der Waals surface area contributed by atoms with Gasteiger partial charge in [0.2, 0.25) is 0 Å². The maximum atomic E-state index is 5.73. The lowest BCUT2D eigenvalue weighted by Gasteiger charge is -2.23. The molecule has 0 amide bonds. The Labute approximate surface area is 96.6 Å². The van der Waals surface area contributed by atoms with Crippen molar-refractivity contribution in [2.24, 2.45) is 11.3 Å². The van der Waals surface area contributed by atoms with Crippen molar-refractivity contribution in [3.63, 3.8) is 0 Å². The minimum atomic E-state index is 0.0176. The summed E-state index contributed by atoms with van der Waals surface area (Å²) in [6.45, 7) is 16.5. The van der Waals surface area contributed by atoms with Gasteiger partial charge in [-0.15, -0.1) is 0 Å². The van der Waals surface area contributed by atoms with E-state index in [1.54, 1.807) is 0 Å². The molecule has 0 spiro atoms. The van der Waals surface area contributed by atoms with Gasteiger partial charge < -0.3 is 4.74 Å². The molecule has 0 rings (SSSR count). The van der Waals surface area contributed by atoms with Gasteiger partial charge in [-0.2, -0.15) is 0 Å². The highest BCUT2D eigenvalue weighted by Gasteiger charge is 2.14. The fourth-order valence-electron chi connectivity index (χ4n) is 1.39. The summed E-state index contributed by atoms with van der Waals surface area (Å²) >= 11 is 0. The lowest BCUT2D eigenvalue weighted by Crippen LogP contribution is -2.20. The third-order valence-corrected chi connectivity index (χ3v) is 2.53. The zero-order chi connectivity index (χ0) is 12.1. The third-order valence-electron chi connectivity index (χ3n) is 2.53. The van der Waals surface area contributed by atoms with Gasteiger partial charge in [-0.1, -0.05) is 34.1 Å². The Bertz CT molecular complexity index is 159. The molecular formula is C14H30O. The van der Waals surface area contributed by atoms with Crippen molar-refractivity contribution < 1.29 is 4.74 Å². The second-order valence-corrected chi connectivity index (χ2v) is 6.95. The van der Waals surface area contributed by atoms with Gasteiger partial charge >= 0.3 is 0 Å². The molecule has 0 N–H and O–H groups in total. The van der Waals surface area contributed by atoms with E-state index >= 15 is 0 Å². The maximum absolute atomic E-state index is 5.73. The second-order valence-electron chi connectivity index (χ2n) is 6.95. The molecule has 0 aliphatic heterocycles. The summed E-state index contributed by atoms with van der Waals surface area (Å²) in [5, 5.41) is 0. The first kappa shape index (κ1) is 15.0. The second kappa shape index (κ2) is 5.89. The Morgan fingerprint density at radius 3 is 1.87 bits per heavy atom. The Kier molecular flexibility index (Phi) is 5.87. The van der Waals surface area contributed by atoms with Crippen LogP contribution in [0.15, 0.2) is 0 Å². The quantitative estimate of drug-likeness (QED) is 0.647. The molecule has 1 unspecified atom stereocenters. The predicted octanol–water partition coefficient (Wildman–Crippen LogP) is 4.65. The van der Waals surface area contributed by atoms with Crippen LogP contribution >= 0.6 is 0 Å². The molecule has 0 heterocycles. The van der Waals surface area contributed by atoms with Crippen LogP contribution in [-0.4, -0.2) is 12.2 Å². The van der Waals surface area contributed by atoms with Crippen molar-refractivity contribution in [1.29, 1.82) is 0 Å². The van der Waals surface area contributed by atoms with E-state index < -0.39 is 0 Å². The van der Waals surface area contributed by atoms with Gasteiger partial charge in [0.1, 0.15) is 0 Å². The minimum absolute atomic E-state index is 0.0176. The molecule has 1 nitrogen and oxygen atoms in total. The molecule has 0 saturated carbocycles. The van der Waals surface area contributed by atoms with Gasteiger partial charge in [0, 0.05) is 6.61 Å². The molecule has 0 aliphatic carbocycles. The Morgan fingerprint density at radius 1 is 0.933 bits per heavy atom. The van der Waals surface area contributed by atoms with Crippen LogP contribution in [0.4, 0.5) is 0 Å². The fraction of sp³-hybridized carbons (Fsp3) is 1.00. The summed E-state index contributed by atoms with van der Waals surface area (Å²) in [6.07, 6.45) is 3.81. The molecule has 15 heavy (non-hydrogen) atoms. The molecule has 0 bridgehead atoms. The molecule has 0 fully saturated rings. The summed E-state index contributed by atoms with van der Waals surface area (Å²) in [5.41, 5.74) is 0.489. The van der Waals surface area contributed by atoms with Gasteiger partial charge in [-0.3, -0.25) is 0 Å². The van der Waals surface area contributed by atoms with Crippen LogP contribution in [0.5, 0.6) is 0 Å². The highest BCUT2D eigenvalue weighted by Crippen LogP contribution is 2.24. The summed E-state index contributed by atoms with van der Waals surface area (Å²) in [5.74, 6) is 0.784. The standard InChI is InChI=1S/C14H30O/c1-12(8-10-13(2,3)4)9-11-15-14(5,6)7/h12H,8-11H2,1-7H3. The van der Waals surface area contributed by atoms with Crippen molar-refractivity contribution >= 4 is 0 Å². The van der Waals surface area contributed by atoms with E-state index in [9.17, 15) is 0 Å². The minimum Gasteiger partial charge on any atom is -0.376 e. The van der Waals surface area contributed by atoms with Crippen LogP contribution in [0.25, 0.3) is 0 Å². The van der Waals surface area contributed by atoms with E-state index in [0.29, 0.717) is 5.41 Å². The van der Waals surface area contributed by atoms with Crippen LogP contribution < -0.4 is 0 Å². The zero-order valence-corrected chi connectivity index (χ0v) is 11.8. The van der Waals surface area contributed by atoms with Gasteiger partial charge in [-0.05, 0) is 44.9 Å². The van der Waals surface area contributed by atoms with Crippen molar-refractivity contribution in [2.75, 3.05) is 6.61 Å². The Hall–Kier alpha value is -0.0400. The molecule has 0 aromatic rings. The highest BCUT2D eigenvalue weighted by atomic mass is 16.5. The first-order valence-corrected chi connectivity index (χ1v) is 6.24. The average molecular weight is 214 g/mol. The summed E-state index contributed by atoms with van der Waals surface area (Å²) < 4.78 is 5.73. The van der Waals surface area contributed by atoms with Crippen LogP contribution in [0, 0.1) is 11.3 Å².